The van der Waals surface area contributed by atoms with Crippen LogP contribution in [0, 0.1) is 6.92 Å². The molecule has 2 heterocycles. The maximum Gasteiger partial charge on any atom is 0.161 e. The van der Waals surface area contributed by atoms with E-state index in [0.29, 0.717) is 12.4 Å². The first kappa shape index (κ1) is 11.3. The Morgan fingerprint density at radius 2 is 2.12 bits per heavy atom. The minimum Gasteiger partial charge on any atom is -0.483 e. The first-order valence-electron chi connectivity index (χ1n) is 5.31. The van der Waals surface area contributed by atoms with Crippen molar-refractivity contribution in [2.75, 3.05) is 12.4 Å². The molecule has 88 valence electrons. The molecule has 0 saturated carbocycles. The van der Waals surface area contributed by atoms with E-state index < -0.39 is 0 Å². The van der Waals surface area contributed by atoms with Crippen molar-refractivity contribution in [1.82, 2.24) is 15.0 Å². The number of rotatable bonds is 4. The first-order chi connectivity index (χ1) is 8.29. The maximum absolute atomic E-state index is 5.64. The van der Waals surface area contributed by atoms with Gasteiger partial charge in [0.15, 0.2) is 5.75 Å². The van der Waals surface area contributed by atoms with Crippen LogP contribution < -0.4 is 10.1 Å². The molecule has 0 aliphatic heterocycles. The second kappa shape index (κ2) is 5.25. The average Bonchev–Trinajstić information content (AvgIpc) is 2.37. The van der Waals surface area contributed by atoms with Crippen molar-refractivity contribution in [3.63, 3.8) is 0 Å². The molecule has 0 unspecified atom stereocenters. The molecule has 0 amide bonds. The topological polar surface area (TPSA) is 59.9 Å². The molecule has 0 bridgehead atoms. The van der Waals surface area contributed by atoms with E-state index in [1.807, 2.05) is 20.0 Å². The summed E-state index contributed by atoms with van der Waals surface area (Å²) in [4.78, 5) is 12.4. The lowest BCUT2D eigenvalue weighted by Crippen LogP contribution is -2.02. The Bertz CT molecular complexity index is 501. The van der Waals surface area contributed by atoms with Crippen molar-refractivity contribution in [3.05, 3.63) is 42.2 Å². The van der Waals surface area contributed by atoms with Gasteiger partial charge in [0.2, 0.25) is 0 Å². The van der Waals surface area contributed by atoms with E-state index in [0.717, 1.165) is 17.1 Å². The molecule has 0 aliphatic carbocycles. The van der Waals surface area contributed by atoms with Crippen LogP contribution in [-0.4, -0.2) is 22.0 Å². The molecule has 2 aromatic rings. The van der Waals surface area contributed by atoms with Gasteiger partial charge in [-0.15, -0.1) is 0 Å². The Hall–Kier alpha value is -2.17. The number of aryl methyl sites for hydroxylation is 1. The van der Waals surface area contributed by atoms with E-state index in [1.54, 1.807) is 24.8 Å². The largest absolute Gasteiger partial charge is 0.483 e. The van der Waals surface area contributed by atoms with Crippen LogP contribution in [0.4, 0.5) is 5.69 Å². The lowest BCUT2D eigenvalue weighted by atomic mass is 10.4. The smallest absolute Gasteiger partial charge is 0.161 e. The Morgan fingerprint density at radius 1 is 1.24 bits per heavy atom. The molecule has 0 atom stereocenters. The van der Waals surface area contributed by atoms with Gasteiger partial charge in [-0.1, -0.05) is 0 Å². The molecule has 0 spiro atoms. The van der Waals surface area contributed by atoms with Gasteiger partial charge in [-0.25, -0.2) is 0 Å². The van der Waals surface area contributed by atoms with Gasteiger partial charge in [-0.05, 0) is 13.0 Å². The van der Waals surface area contributed by atoms with Crippen LogP contribution in [0.15, 0.2) is 30.9 Å². The van der Waals surface area contributed by atoms with Gasteiger partial charge in [0.1, 0.15) is 6.61 Å². The van der Waals surface area contributed by atoms with Crippen LogP contribution >= 0.6 is 0 Å². The molecule has 0 aromatic carbocycles. The fraction of sp³-hybridized carbons (Fsp3) is 0.250. The molecular weight excluding hydrogens is 216 g/mol. The van der Waals surface area contributed by atoms with Crippen LogP contribution in [0.1, 0.15) is 11.4 Å². The van der Waals surface area contributed by atoms with Gasteiger partial charge in [0.25, 0.3) is 0 Å². The fourth-order valence-electron chi connectivity index (χ4n) is 1.44. The van der Waals surface area contributed by atoms with Crippen molar-refractivity contribution < 1.29 is 4.74 Å². The summed E-state index contributed by atoms with van der Waals surface area (Å²) in [5.41, 5.74) is 2.59. The van der Waals surface area contributed by atoms with Crippen LogP contribution in [-0.2, 0) is 6.61 Å². The summed E-state index contributed by atoms with van der Waals surface area (Å²) in [6.45, 7) is 2.29. The third kappa shape index (κ3) is 2.90. The van der Waals surface area contributed by atoms with Gasteiger partial charge >= 0.3 is 0 Å². The van der Waals surface area contributed by atoms with E-state index in [1.165, 1.54) is 0 Å². The molecule has 17 heavy (non-hydrogen) atoms. The summed E-state index contributed by atoms with van der Waals surface area (Å²) < 4.78 is 5.64. The molecule has 0 fully saturated rings. The number of nitrogens with one attached hydrogen (secondary N) is 1. The maximum atomic E-state index is 5.64. The number of ether oxygens (including phenoxy) is 1. The minimum atomic E-state index is 0.384. The molecule has 1 N–H and O–H groups in total. The monoisotopic (exact) mass is 230 g/mol. The zero-order valence-corrected chi connectivity index (χ0v) is 9.84. The normalized spacial score (nSPS) is 10.0. The van der Waals surface area contributed by atoms with E-state index in [4.69, 9.17) is 4.74 Å². The van der Waals surface area contributed by atoms with Crippen LogP contribution in [0.3, 0.4) is 0 Å². The van der Waals surface area contributed by atoms with Gasteiger partial charge in [0, 0.05) is 19.4 Å². The predicted molar refractivity (Wildman–Crippen MR) is 64.9 cm³/mol. The SMILES string of the molecule is CNc1ccncc1OCc1cncc(C)n1. The number of anilines is 1. The summed E-state index contributed by atoms with van der Waals surface area (Å²) in [5.74, 6) is 0.707. The lowest BCUT2D eigenvalue weighted by Gasteiger charge is -2.09. The molecule has 0 saturated heterocycles. The average molecular weight is 230 g/mol. The molecule has 2 aromatic heterocycles. The van der Waals surface area contributed by atoms with Gasteiger partial charge in [-0.3, -0.25) is 15.0 Å². The van der Waals surface area contributed by atoms with Crippen molar-refractivity contribution in [1.29, 1.82) is 0 Å². The number of pyridine rings is 1. The molecule has 5 nitrogen and oxygen atoms in total. The molecule has 2 rings (SSSR count). The first-order valence-corrected chi connectivity index (χ1v) is 5.31. The van der Waals surface area contributed by atoms with Crippen molar-refractivity contribution >= 4 is 5.69 Å². The van der Waals surface area contributed by atoms with Crippen molar-refractivity contribution in [3.8, 4) is 5.75 Å². The third-order valence-corrected chi connectivity index (χ3v) is 2.23. The Labute approximate surface area is 99.9 Å². The quantitative estimate of drug-likeness (QED) is 0.867. The highest BCUT2D eigenvalue weighted by Crippen LogP contribution is 2.22. The summed E-state index contributed by atoms with van der Waals surface area (Å²) in [6, 6.07) is 1.86. The zero-order chi connectivity index (χ0) is 12.1. The second-order valence-electron chi connectivity index (χ2n) is 3.56. The van der Waals surface area contributed by atoms with Crippen molar-refractivity contribution in [2.45, 2.75) is 13.5 Å². The highest BCUT2D eigenvalue weighted by atomic mass is 16.5. The summed E-state index contributed by atoms with van der Waals surface area (Å²) in [6.07, 6.45) is 6.80. The van der Waals surface area contributed by atoms with Crippen LogP contribution in [0.25, 0.3) is 0 Å². The molecular formula is C12H14N4O. The number of aromatic nitrogens is 3. The highest BCUT2D eigenvalue weighted by molar-refractivity contribution is 5.53. The Kier molecular flexibility index (Phi) is 3.49. The minimum absolute atomic E-state index is 0.384. The Balaban J connectivity index is 2.07. The number of hydrogen-bond acceptors (Lipinski definition) is 5. The molecule has 5 heteroatoms. The van der Waals surface area contributed by atoms with Gasteiger partial charge in [-0.2, -0.15) is 0 Å². The van der Waals surface area contributed by atoms with Crippen LogP contribution in [0.2, 0.25) is 0 Å². The van der Waals surface area contributed by atoms with E-state index in [9.17, 15) is 0 Å². The van der Waals surface area contributed by atoms with E-state index >= 15 is 0 Å². The predicted octanol–water partition coefficient (Wildman–Crippen LogP) is 1.80. The summed E-state index contributed by atoms with van der Waals surface area (Å²) in [7, 11) is 1.84. The summed E-state index contributed by atoms with van der Waals surface area (Å²) >= 11 is 0. The Morgan fingerprint density at radius 3 is 2.88 bits per heavy atom. The summed E-state index contributed by atoms with van der Waals surface area (Å²) in [5, 5.41) is 3.04. The van der Waals surface area contributed by atoms with Crippen LogP contribution in [0.5, 0.6) is 5.75 Å². The standard InChI is InChI=1S/C12H14N4O/c1-9-5-15-6-10(16-9)8-17-12-7-14-4-3-11(12)13-2/h3-7H,8H2,1-2H3,(H,13,14). The number of nitrogens with zero attached hydrogens (tertiary/aromatic N) is 3. The highest BCUT2D eigenvalue weighted by Gasteiger charge is 2.03. The second-order valence-corrected chi connectivity index (χ2v) is 3.56. The van der Waals surface area contributed by atoms with E-state index in [2.05, 4.69) is 20.3 Å². The lowest BCUT2D eigenvalue weighted by molar-refractivity contribution is 0.301. The van der Waals surface area contributed by atoms with Crippen molar-refractivity contribution in [2.24, 2.45) is 0 Å². The zero-order valence-electron chi connectivity index (χ0n) is 9.84. The van der Waals surface area contributed by atoms with E-state index in [-0.39, 0.29) is 0 Å². The molecule has 0 aliphatic rings. The van der Waals surface area contributed by atoms with Gasteiger partial charge in [0.05, 0.1) is 29.5 Å². The van der Waals surface area contributed by atoms with Gasteiger partial charge < -0.3 is 10.1 Å². The number of hydrogen-bond donors (Lipinski definition) is 1. The fourth-order valence-corrected chi connectivity index (χ4v) is 1.44. The molecule has 0 radical (unpaired) electrons. The third-order valence-electron chi connectivity index (χ3n) is 2.23.